The monoisotopic (exact) mass is 317 g/mol. The fourth-order valence-electron chi connectivity index (χ4n) is 2.62. The van der Waals surface area contributed by atoms with E-state index in [9.17, 15) is 4.79 Å². The lowest BCUT2D eigenvalue weighted by Crippen LogP contribution is -2.34. The lowest BCUT2D eigenvalue weighted by Gasteiger charge is -2.28. The molecule has 3 heterocycles. The van der Waals surface area contributed by atoms with E-state index in [1.165, 1.54) is 11.3 Å². The van der Waals surface area contributed by atoms with Gasteiger partial charge in [0.25, 0.3) is 0 Å². The summed E-state index contributed by atoms with van der Waals surface area (Å²) in [5.74, 6) is 1.94. The van der Waals surface area contributed by atoms with Gasteiger partial charge in [0.15, 0.2) is 0 Å². The van der Waals surface area contributed by atoms with Crippen molar-refractivity contribution in [3.05, 3.63) is 17.1 Å². The summed E-state index contributed by atoms with van der Waals surface area (Å²) in [6, 6.07) is 1.93. The summed E-state index contributed by atoms with van der Waals surface area (Å²) in [5, 5.41) is 0.960. The molecule has 0 spiro atoms. The molecule has 2 aromatic heterocycles. The molecule has 0 bridgehead atoms. The van der Waals surface area contributed by atoms with Crippen LogP contribution < -0.4 is 4.90 Å². The third-order valence-electron chi connectivity index (χ3n) is 3.49. The summed E-state index contributed by atoms with van der Waals surface area (Å²) >= 11 is 1.43. The van der Waals surface area contributed by atoms with Crippen molar-refractivity contribution in [2.24, 2.45) is 10.9 Å². The lowest BCUT2D eigenvalue weighted by atomic mass is 10.1. The quantitative estimate of drug-likeness (QED) is 0.800. The number of carbonyl (C=O) groups is 1. The van der Waals surface area contributed by atoms with Crippen LogP contribution >= 0.6 is 11.3 Å². The molecule has 3 rings (SSSR count). The van der Waals surface area contributed by atoms with Crippen molar-refractivity contribution >= 4 is 44.7 Å². The summed E-state index contributed by atoms with van der Waals surface area (Å²) in [5.41, 5.74) is 0.707. The van der Waals surface area contributed by atoms with Crippen LogP contribution in [0.15, 0.2) is 17.3 Å². The number of nitrogens with zero attached hydrogens (tertiary/aromatic N) is 3. The van der Waals surface area contributed by atoms with Crippen molar-refractivity contribution in [1.29, 1.82) is 0 Å². The molecule has 0 saturated carbocycles. The van der Waals surface area contributed by atoms with Crippen molar-refractivity contribution < 1.29 is 9.53 Å². The van der Waals surface area contributed by atoms with E-state index >= 15 is 0 Å². The van der Waals surface area contributed by atoms with Crippen LogP contribution in [0.5, 0.6) is 0 Å². The highest BCUT2D eigenvalue weighted by molar-refractivity contribution is 7.21. The van der Waals surface area contributed by atoms with Crippen LogP contribution in [0, 0.1) is 5.92 Å². The summed E-state index contributed by atoms with van der Waals surface area (Å²) in [4.78, 5) is 24.1. The number of hydrogen-bond acceptors (Lipinski definition) is 6. The van der Waals surface area contributed by atoms with E-state index in [4.69, 9.17) is 4.74 Å². The third kappa shape index (κ3) is 2.37. The molecular formula is C16H19N3O2S. The maximum absolute atomic E-state index is 12.2. The Morgan fingerprint density at radius 1 is 1.45 bits per heavy atom. The van der Waals surface area contributed by atoms with Crippen LogP contribution in [0.2, 0.25) is 0 Å². The second kappa shape index (κ2) is 5.68. The third-order valence-corrected chi connectivity index (χ3v) is 4.61. The van der Waals surface area contributed by atoms with Crippen LogP contribution in [0.25, 0.3) is 10.1 Å². The standard InChI is InChI=1S/C16H19N3O2S/c1-5-21-16(20)14-13-12-11(22-14)6-7-17-15(12)19(8-9(2)3)10(4)18-13/h6-7,9H,5,8H2,1-4H3. The molecule has 0 amide bonds. The number of amidine groups is 1. The van der Waals surface area contributed by atoms with Gasteiger partial charge in [-0.2, -0.15) is 0 Å². The molecule has 2 aromatic rings. The van der Waals surface area contributed by atoms with Gasteiger partial charge in [-0.15, -0.1) is 11.3 Å². The van der Waals surface area contributed by atoms with Gasteiger partial charge in [0.05, 0.1) is 12.0 Å². The SMILES string of the molecule is CCOC(=O)c1sc2ccnc3c2c1N=C(C)N3CC(C)C. The van der Waals surface area contributed by atoms with E-state index in [0.717, 1.165) is 28.3 Å². The lowest BCUT2D eigenvalue weighted by molar-refractivity contribution is 0.0533. The maximum Gasteiger partial charge on any atom is 0.350 e. The van der Waals surface area contributed by atoms with Crippen LogP contribution in [0.3, 0.4) is 0 Å². The summed E-state index contributed by atoms with van der Waals surface area (Å²) in [7, 11) is 0. The number of aliphatic imine (C=N–C) groups is 1. The highest BCUT2D eigenvalue weighted by Gasteiger charge is 2.28. The Bertz CT molecular complexity index is 764. The molecule has 0 radical (unpaired) electrons. The predicted molar refractivity (Wildman–Crippen MR) is 90.5 cm³/mol. The van der Waals surface area contributed by atoms with Crippen molar-refractivity contribution in [1.82, 2.24) is 4.98 Å². The van der Waals surface area contributed by atoms with Crippen LogP contribution in [0.1, 0.15) is 37.4 Å². The molecule has 0 saturated heterocycles. The number of pyridine rings is 1. The molecule has 1 aliphatic rings. The molecule has 0 N–H and O–H groups in total. The Hall–Kier alpha value is -1.95. The largest absolute Gasteiger partial charge is 0.462 e. The summed E-state index contributed by atoms with van der Waals surface area (Å²) in [6.07, 6.45) is 1.79. The molecule has 22 heavy (non-hydrogen) atoms. The number of rotatable bonds is 4. The smallest absolute Gasteiger partial charge is 0.350 e. The normalized spacial score (nSPS) is 13.7. The van der Waals surface area contributed by atoms with Crippen molar-refractivity contribution in [3.63, 3.8) is 0 Å². The van der Waals surface area contributed by atoms with Crippen molar-refractivity contribution in [2.45, 2.75) is 27.7 Å². The first-order valence-electron chi connectivity index (χ1n) is 7.44. The van der Waals surface area contributed by atoms with Gasteiger partial charge in [0, 0.05) is 17.4 Å². The zero-order chi connectivity index (χ0) is 15.9. The molecule has 5 nitrogen and oxygen atoms in total. The topological polar surface area (TPSA) is 54.8 Å². The minimum atomic E-state index is -0.307. The Balaban J connectivity index is 2.19. The second-order valence-corrected chi connectivity index (χ2v) is 6.72. The van der Waals surface area contributed by atoms with Crippen LogP contribution in [0.4, 0.5) is 11.5 Å². The first-order chi connectivity index (χ1) is 10.5. The summed E-state index contributed by atoms with van der Waals surface area (Å²) in [6.45, 7) is 9.31. The Morgan fingerprint density at radius 2 is 2.23 bits per heavy atom. The summed E-state index contributed by atoms with van der Waals surface area (Å²) < 4.78 is 6.18. The zero-order valence-electron chi connectivity index (χ0n) is 13.2. The number of aromatic nitrogens is 1. The Morgan fingerprint density at radius 3 is 2.91 bits per heavy atom. The van der Waals surface area contributed by atoms with E-state index < -0.39 is 0 Å². The molecule has 0 aromatic carbocycles. The van der Waals surface area contributed by atoms with E-state index in [0.29, 0.717) is 23.1 Å². The molecule has 1 aliphatic heterocycles. The van der Waals surface area contributed by atoms with Gasteiger partial charge in [-0.25, -0.2) is 14.8 Å². The molecule has 0 aliphatic carbocycles. The average molecular weight is 317 g/mol. The fraction of sp³-hybridized carbons (Fsp3) is 0.438. The zero-order valence-corrected chi connectivity index (χ0v) is 14.0. The predicted octanol–water partition coefficient (Wildman–Crippen LogP) is 4.00. The van der Waals surface area contributed by atoms with Gasteiger partial charge >= 0.3 is 5.97 Å². The highest BCUT2D eigenvalue weighted by atomic mass is 32.1. The minimum absolute atomic E-state index is 0.307. The van der Waals surface area contributed by atoms with Crippen LogP contribution in [-0.4, -0.2) is 29.9 Å². The molecule has 6 heteroatoms. The molecular weight excluding hydrogens is 298 g/mol. The molecule has 0 fully saturated rings. The fourth-order valence-corrected chi connectivity index (χ4v) is 3.64. The number of carbonyl (C=O) groups excluding carboxylic acids is 1. The van der Waals surface area contributed by atoms with E-state index in [2.05, 4.69) is 28.7 Å². The van der Waals surface area contributed by atoms with E-state index in [1.807, 2.05) is 19.9 Å². The van der Waals surface area contributed by atoms with Gasteiger partial charge in [-0.1, -0.05) is 13.8 Å². The van der Waals surface area contributed by atoms with Crippen molar-refractivity contribution in [2.75, 3.05) is 18.1 Å². The number of hydrogen-bond donors (Lipinski definition) is 0. The van der Waals surface area contributed by atoms with Crippen molar-refractivity contribution in [3.8, 4) is 0 Å². The Kier molecular flexibility index (Phi) is 3.87. The number of esters is 1. The average Bonchev–Trinajstić information content (AvgIpc) is 2.83. The van der Waals surface area contributed by atoms with E-state index in [-0.39, 0.29) is 5.97 Å². The first kappa shape index (κ1) is 15.0. The Labute approximate surface area is 133 Å². The maximum atomic E-state index is 12.2. The van der Waals surface area contributed by atoms with Gasteiger partial charge in [0.2, 0.25) is 0 Å². The first-order valence-corrected chi connectivity index (χ1v) is 8.26. The van der Waals surface area contributed by atoms with Gasteiger partial charge in [-0.05, 0) is 25.8 Å². The molecule has 0 atom stereocenters. The van der Waals surface area contributed by atoms with Gasteiger partial charge in [-0.3, -0.25) is 0 Å². The van der Waals surface area contributed by atoms with E-state index in [1.54, 1.807) is 6.20 Å². The van der Waals surface area contributed by atoms with Gasteiger partial charge in [0.1, 0.15) is 22.2 Å². The molecule has 0 unspecified atom stereocenters. The van der Waals surface area contributed by atoms with Crippen LogP contribution in [-0.2, 0) is 4.74 Å². The molecule has 116 valence electrons. The highest BCUT2D eigenvalue weighted by Crippen LogP contribution is 2.45. The second-order valence-electron chi connectivity index (χ2n) is 5.67. The van der Waals surface area contributed by atoms with Gasteiger partial charge < -0.3 is 9.64 Å². The number of ether oxygens (including phenoxy) is 1. The minimum Gasteiger partial charge on any atom is -0.462 e. The number of anilines is 1. The number of thiophene rings is 1.